The van der Waals surface area contributed by atoms with E-state index >= 15 is 0 Å². The molecule has 0 bridgehead atoms. The van der Waals surface area contributed by atoms with Crippen molar-refractivity contribution in [3.05, 3.63) is 37.9 Å². The fourth-order valence-corrected chi connectivity index (χ4v) is 1.96. The van der Waals surface area contributed by atoms with E-state index in [-0.39, 0.29) is 0 Å². The van der Waals surface area contributed by atoms with Gasteiger partial charge in [-0.15, -0.1) is 0 Å². The molecule has 0 radical (unpaired) electrons. The molecular weight excluding hydrogens is 256 g/mol. The van der Waals surface area contributed by atoms with Crippen LogP contribution >= 0.6 is 0 Å². The molecule has 17 heavy (non-hydrogen) atoms. The molecule has 0 saturated heterocycles. The Bertz CT molecular complexity index is 607. The summed E-state index contributed by atoms with van der Waals surface area (Å²) >= 11 is 0. The van der Waals surface area contributed by atoms with Crippen LogP contribution in [0.5, 0.6) is 0 Å². The van der Waals surface area contributed by atoms with Gasteiger partial charge in [-0.1, -0.05) is 0 Å². The van der Waals surface area contributed by atoms with E-state index in [1.54, 1.807) is 0 Å². The second kappa shape index (κ2) is 4.07. The van der Waals surface area contributed by atoms with Crippen molar-refractivity contribution in [1.82, 2.24) is 0 Å². The molecule has 10 heteroatoms. The van der Waals surface area contributed by atoms with E-state index in [0.717, 1.165) is 6.92 Å². The number of hydrogen-bond acceptors (Lipinski definition) is 7. The average molecular weight is 261 g/mol. The van der Waals surface area contributed by atoms with Crippen LogP contribution in [0, 0.1) is 27.2 Å². The first kappa shape index (κ1) is 13.0. The average Bonchev–Trinajstić information content (AvgIpc) is 2.15. The van der Waals surface area contributed by atoms with Crippen LogP contribution in [-0.2, 0) is 10.1 Å². The Morgan fingerprint density at radius 2 is 1.65 bits per heavy atom. The number of non-ortho nitro benzene ring substituents is 1. The molecule has 0 saturated carbocycles. The Morgan fingerprint density at radius 1 is 1.12 bits per heavy atom. The highest BCUT2D eigenvalue weighted by Crippen LogP contribution is 2.30. The summed E-state index contributed by atoms with van der Waals surface area (Å²) in [4.78, 5) is 18.1. The second-order valence-corrected chi connectivity index (χ2v) is 4.40. The molecule has 0 atom stereocenters. The normalized spacial score (nSPS) is 11.2. The van der Waals surface area contributed by atoms with Gasteiger partial charge in [-0.2, -0.15) is 0 Å². The zero-order valence-corrected chi connectivity index (χ0v) is 9.13. The highest BCUT2D eigenvalue weighted by atomic mass is 32.2. The second-order valence-electron chi connectivity index (χ2n) is 3.06. The topological polar surface area (TPSA) is 143 Å². The zero-order valence-electron chi connectivity index (χ0n) is 8.32. The number of nitrogens with zero attached hydrogens (tertiary/aromatic N) is 2. The van der Waals surface area contributed by atoms with Crippen LogP contribution in [0.25, 0.3) is 0 Å². The molecule has 1 aromatic carbocycles. The number of hydrogen-bond donors (Lipinski definition) is 0. The van der Waals surface area contributed by atoms with E-state index in [2.05, 4.69) is 0 Å². The van der Waals surface area contributed by atoms with Gasteiger partial charge in [0.15, 0.2) is 0 Å². The summed E-state index contributed by atoms with van der Waals surface area (Å²) in [5.41, 5.74) is -2.03. The third kappa shape index (κ3) is 2.54. The Labute approximate surface area is 94.7 Å². The maximum atomic E-state index is 10.8. The number of nitro groups is 2. The Kier molecular flexibility index (Phi) is 3.11. The van der Waals surface area contributed by atoms with Gasteiger partial charge in [0.25, 0.3) is 11.4 Å². The smallest absolute Gasteiger partial charge is 0.280 e. The van der Waals surface area contributed by atoms with Gasteiger partial charge < -0.3 is 4.55 Å². The molecule has 0 aromatic heterocycles. The SMILES string of the molecule is Cc1c([N+](=O)[O-])cc([N+](=O)[O-])cc1S(=O)(=O)[O-]. The lowest BCUT2D eigenvalue weighted by molar-refractivity contribution is -0.394. The molecule has 0 amide bonds. The first-order valence-electron chi connectivity index (χ1n) is 4.04. The predicted octanol–water partition coefficient (Wildman–Crippen LogP) is 0.716. The molecule has 0 heterocycles. The van der Waals surface area contributed by atoms with Crippen molar-refractivity contribution in [1.29, 1.82) is 0 Å². The monoisotopic (exact) mass is 261 g/mol. The van der Waals surface area contributed by atoms with E-state index in [0.29, 0.717) is 12.1 Å². The van der Waals surface area contributed by atoms with Crippen molar-refractivity contribution < 1.29 is 22.8 Å². The summed E-state index contributed by atoms with van der Waals surface area (Å²) < 4.78 is 32.4. The predicted molar refractivity (Wildman–Crippen MR) is 52.5 cm³/mol. The number of rotatable bonds is 3. The lowest BCUT2D eigenvalue weighted by atomic mass is 10.2. The standard InChI is InChI=1S/C7H6N2O7S/c1-4-6(9(12)13)2-5(8(10)11)3-7(4)17(14,15)16/h2-3H,1H3,(H,14,15,16)/p-1. The molecule has 9 nitrogen and oxygen atoms in total. The highest BCUT2D eigenvalue weighted by molar-refractivity contribution is 7.85. The summed E-state index contributed by atoms with van der Waals surface area (Å²) in [5, 5.41) is 21.0. The minimum absolute atomic E-state index is 0.421. The van der Waals surface area contributed by atoms with E-state index in [1.807, 2.05) is 0 Å². The third-order valence-electron chi connectivity index (χ3n) is 1.99. The highest BCUT2D eigenvalue weighted by Gasteiger charge is 2.23. The van der Waals surface area contributed by atoms with E-state index in [1.165, 1.54) is 0 Å². The van der Waals surface area contributed by atoms with Gasteiger partial charge in [0, 0.05) is 11.6 Å². The van der Waals surface area contributed by atoms with Crippen LogP contribution in [0.2, 0.25) is 0 Å². The minimum atomic E-state index is -5.00. The maximum Gasteiger partial charge on any atom is 0.280 e. The summed E-state index contributed by atoms with van der Waals surface area (Å²) in [5.74, 6) is 0. The molecule has 1 rings (SSSR count). The maximum absolute atomic E-state index is 10.8. The van der Waals surface area contributed by atoms with Crippen molar-refractivity contribution in [2.24, 2.45) is 0 Å². The van der Waals surface area contributed by atoms with Crippen LogP contribution in [0.15, 0.2) is 17.0 Å². The lowest BCUT2D eigenvalue weighted by Crippen LogP contribution is -2.05. The van der Waals surface area contributed by atoms with E-state index < -0.39 is 41.8 Å². The van der Waals surface area contributed by atoms with Crippen LogP contribution in [-0.4, -0.2) is 22.8 Å². The number of nitro benzene ring substituents is 2. The van der Waals surface area contributed by atoms with Gasteiger partial charge in [-0.25, -0.2) is 8.42 Å². The zero-order chi connectivity index (χ0) is 13.4. The van der Waals surface area contributed by atoms with Crippen LogP contribution in [0.1, 0.15) is 5.56 Å². The molecule has 0 aliphatic rings. The molecule has 0 aliphatic heterocycles. The van der Waals surface area contributed by atoms with Gasteiger partial charge in [-0.05, 0) is 6.92 Å². The van der Waals surface area contributed by atoms with Gasteiger partial charge in [0.2, 0.25) is 0 Å². The molecular formula is C7H5N2O7S-. The first-order valence-corrected chi connectivity index (χ1v) is 5.44. The molecule has 0 N–H and O–H groups in total. The van der Waals surface area contributed by atoms with Gasteiger partial charge in [-0.3, -0.25) is 20.2 Å². The number of benzene rings is 1. The first-order chi connectivity index (χ1) is 7.64. The minimum Gasteiger partial charge on any atom is -0.744 e. The summed E-state index contributed by atoms with van der Waals surface area (Å²) in [6, 6.07) is 1.11. The summed E-state index contributed by atoms with van der Waals surface area (Å²) in [7, 11) is -5.00. The van der Waals surface area contributed by atoms with Gasteiger partial charge in [0.1, 0.15) is 10.1 Å². The van der Waals surface area contributed by atoms with E-state index in [9.17, 15) is 33.2 Å². The molecule has 1 aromatic rings. The van der Waals surface area contributed by atoms with Crippen LogP contribution in [0.3, 0.4) is 0 Å². The van der Waals surface area contributed by atoms with E-state index in [4.69, 9.17) is 0 Å². The molecule has 0 aliphatic carbocycles. The van der Waals surface area contributed by atoms with Crippen molar-refractivity contribution in [2.45, 2.75) is 11.8 Å². The quantitative estimate of drug-likeness (QED) is 0.442. The molecule has 0 fully saturated rings. The van der Waals surface area contributed by atoms with Crippen LogP contribution in [0.4, 0.5) is 11.4 Å². The van der Waals surface area contributed by atoms with Gasteiger partial charge in [0.05, 0.1) is 20.8 Å². The largest absolute Gasteiger partial charge is 0.744 e. The van der Waals surface area contributed by atoms with Crippen molar-refractivity contribution >= 4 is 21.5 Å². The Morgan fingerprint density at radius 3 is 2.00 bits per heavy atom. The van der Waals surface area contributed by atoms with Crippen molar-refractivity contribution in [3.63, 3.8) is 0 Å². The van der Waals surface area contributed by atoms with Gasteiger partial charge >= 0.3 is 0 Å². The Hall–Kier alpha value is -2.07. The fourth-order valence-electron chi connectivity index (χ4n) is 1.21. The van der Waals surface area contributed by atoms with Crippen molar-refractivity contribution in [2.75, 3.05) is 0 Å². The van der Waals surface area contributed by atoms with Crippen LogP contribution < -0.4 is 0 Å². The molecule has 0 unspecified atom stereocenters. The summed E-state index contributed by atoms with van der Waals surface area (Å²) in [6.45, 7) is 1.03. The molecule has 0 spiro atoms. The summed E-state index contributed by atoms with van der Waals surface area (Å²) in [6.07, 6.45) is 0. The lowest BCUT2D eigenvalue weighted by Gasteiger charge is -2.09. The third-order valence-corrected chi connectivity index (χ3v) is 2.96. The van der Waals surface area contributed by atoms with Crippen molar-refractivity contribution in [3.8, 4) is 0 Å². The molecule has 92 valence electrons. The Balaban J connectivity index is 3.73. The fraction of sp³-hybridized carbons (Fsp3) is 0.143.